The molecular formula is C12H18BrNO3S. The predicted octanol–water partition coefficient (Wildman–Crippen LogP) is 2.28. The summed E-state index contributed by atoms with van der Waals surface area (Å²) in [4.78, 5) is 0.279. The minimum Gasteiger partial charge on any atom is -0.383 e. The van der Waals surface area contributed by atoms with Crippen LogP contribution in [0.3, 0.4) is 0 Å². The van der Waals surface area contributed by atoms with Gasteiger partial charge in [-0.05, 0) is 24.1 Å². The van der Waals surface area contributed by atoms with Gasteiger partial charge in [0.15, 0.2) is 0 Å². The fourth-order valence-corrected chi connectivity index (χ4v) is 3.16. The third-order valence-electron chi connectivity index (χ3n) is 2.57. The molecule has 0 aliphatic carbocycles. The van der Waals surface area contributed by atoms with Gasteiger partial charge in [-0.15, -0.1) is 0 Å². The summed E-state index contributed by atoms with van der Waals surface area (Å²) >= 11 is 3.32. The minimum absolute atomic E-state index is 0.198. The number of sulfonamides is 1. The van der Waals surface area contributed by atoms with E-state index in [0.29, 0.717) is 18.4 Å². The van der Waals surface area contributed by atoms with E-state index in [1.165, 1.54) is 0 Å². The lowest BCUT2D eigenvalue weighted by atomic mass is 10.2. The topological polar surface area (TPSA) is 55.4 Å². The monoisotopic (exact) mass is 335 g/mol. The van der Waals surface area contributed by atoms with Gasteiger partial charge in [-0.3, -0.25) is 0 Å². The van der Waals surface area contributed by atoms with Crippen LogP contribution in [-0.2, 0) is 20.1 Å². The first kappa shape index (κ1) is 15.6. The zero-order valence-electron chi connectivity index (χ0n) is 10.5. The second-order valence-corrected chi connectivity index (χ2v) is 6.23. The van der Waals surface area contributed by atoms with E-state index >= 15 is 0 Å². The first-order valence-corrected chi connectivity index (χ1v) is 8.30. The number of hydrogen-bond acceptors (Lipinski definition) is 3. The van der Waals surface area contributed by atoms with E-state index < -0.39 is 10.0 Å². The van der Waals surface area contributed by atoms with Gasteiger partial charge < -0.3 is 4.74 Å². The van der Waals surface area contributed by atoms with Crippen molar-refractivity contribution in [2.24, 2.45) is 0 Å². The molecule has 0 heterocycles. The van der Waals surface area contributed by atoms with Gasteiger partial charge in [-0.25, -0.2) is 13.1 Å². The van der Waals surface area contributed by atoms with Gasteiger partial charge in [-0.2, -0.15) is 0 Å². The molecule has 0 aliphatic rings. The first-order chi connectivity index (χ1) is 8.53. The molecule has 1 atom stereocenters. The number of halogens is 1. The fraction of sp³-hybridized carbons (Fsp3) is 0.500. The van der Waals surface area contributed by atoms with Gasteiger partial charge in [-0.1, -0.05) is 35.0 Å². The van der Waals surface area contributed by atoms with Gasteiger partial charge in [0.25, 0.3) is 0 Å². The van der Waals surface area contributed by atoms with Crippen LogP contribution in [0.4, 0.5) is 0 Å². The molecule has 102 valence electrons. The highest BCUT2D eigenvalue weighted by Gasteiger charge is 2.18. The smallest absolute Gasteiger partial charge is 0.240 e. The molecule has 1 rings (SSSR count). The van der Waals surface area contributed by atoms with Gasteiger partial charge in [0.2, 0.25) is 10.0 Å². The normalized spacial score (nSPS) is 13.5. The highest BCUT2D eigenvalue weighted by atomic mass is 79.9. The number of nitrogens with one attached hydrogen (secondary N) is 1. The van der Waals surface area contributed by atoms with Crippen molar-refractivity contribution < 1.29 is 13.2 Å². The maximum absolute atomic E-state index is 12.1. The molecule has 0 radical (unpaired) electrons. The summed E-state index contributed by atoms with van der Waals surface area (Å²) in [7, 11) is -1.91. The van der Waals surface area contributed by atoms with E-state index in [1.54, 1.807) is 31.4 Å². The Balaban J connectivity index is 2.84. The maximum atomic E-state index is 12.1. The average molecular weight is 336 g/mol. The molecule has 0 amide bonds. The quantitative estimate of drug-likeness (QED) is 0.778. The van der Waals surface area contributed by atoms with E-state index in [-0.39, 0.29) is 10.9 Å². The van der Waals surface area contributed by atoms with Crippen molar-refractivity contribution in [1.29, 1.82) is 0 Å². The molecule has 1 unspecified atom stereocenters. The Morgan fingerprint density at radius 2 is 1.94 bits per heavy atom. The summed E-state index contributed by atoms with van der Waals surface area (Å²) in [5, 5.41) is 0.710. The highest BCUT2D eigenvalue weighted by molar-refractivity contribution is 9.08. The van der Waals surface area contributed by atoms with E-state index in [2.05, 4.69) is 20.7 Å². The Morgan fingerprint density at radius 3 is 2.39 bits per heavy atom. The van der Waals surface area contributed by atoms with Crippen molar-refractivity contribution in [3.05, 3.63) is 29.8 Å². The molecule has 1 aromatic carbocycles. The lowest BCUT2D eigenvalue weighted by molar-refractivity contribution is 0.173. The van der Waals surface area contributed by atoms with E-state index in [0.717, 1.165) is 5.56 Å². The number of ether oxygens (including phenoxy) is 1. The van der Waals surface area contributed by atoms with Crippen LogP contribution in [0.2, 0.25) is 0 Å². The van der Waals surface area contributed by atoms with Crippen LogP contribution in [0.1, 0.15) is 18.9 Å². The van der Waals surface area contributed by atoms with Crippen LogP contribution < -0.4 is 4.72 Å². The van der Waals surface area contributed by atoms with Crippen LogP contribution >= 0.6 is 15.9 Å². The second-order valence-electron chi connectivity index (χ2n) is 3.96. The number of methoxy groups -OCH3 is 1. The molecule has 0 spiro atoms. The summed E-state index contributed by atoms with van der Waals surface area (Å²) in [6.07, 6.45) is 0.687. The molecule has 0 aromatic heterocycles. The van der Waals surface area contributed by atoms with Crippen molar-refractivity contribution in [2.75, 3.05) is 13.7 Å². The average Bonchev–Trinajstić information content (AvgIpc) is 2.38. The summed E-state index contributed by atoms with van der Waals surface area (Å²) in [5.41, 5.74) is 1.04. The number of benzene rings is 1. The third kappa shape index (κ3) is 4.35. The lowest BCUT2D eigenvalue weighted by Crippen LogP contribution is -2.37. The largest absolute Gasteiger partial charge is 0.383 e. The molecule has 1 N–H and O–H groups in total. The summed E-state index contributed by atoms with van der Waals surface area (Å²) < 4.78 is 31.8. The van der Waals surface area contributed by atoms with Crippen molar-refractivity contribution >= 4 is 26.0 Å². The third-order valence-corrected chi connectivity index (χ3v) is 4.75. The van der Waals surface area contributed by atoms with Crippen molar-refractivity contribution in [1.82, 2.24) is 4.72 Å². The molecule has 0 saturated heterocycles. The molecule has 18 heavy (non-hydrogen) atoms. The van der Waals surface area contributed by atoms with E-state index in [1.807, 2.05) is 6.92 Å². The van der Waals surface area contributed by atoms with E-state index in [9.17, 15) is 8.42 Å². The van der Waals surface area contributed by atoms with Crippen LogP contribution in [0.15, 0.2) is 29.2 Å². The standard InChI is InChI=1S/C12H18BrNO3S/c1-3-11(9-17-2)14-18(15,16)12-6-4-10(8-13)5-7-12/h4-7,11,14H,3,8-9H2,1-2H3. The zero-order chi connectivity index (χ0) is 13.6. The van der Waals surface area contributed by atoms with Crippen LogP contribution in [0.25, 0.3) is 0 Å². The summed E-state index contributed by atoms with van der Waals surface area (Å²) in [6.45, 7) is 2.29. The Bertz CT molecular complexity index is 459. The van der Waals surface area contributed by atoms with Gasteiger partial charge >= 0.3 is 0 Å². The number of alkyl halides is 1. The second kappa shape index (κ2) is 7.23. The molecule has 0 fully saturated rings. The molecule has 1 aromatic rings. The molecule has 0 bridgehead atoms. The number of hydrogen-bond donors (Lipinski definition) is 1. The van der Waals surface area contributed by atoms with Gasteiger partial charge in [0.05, 0.1) is 11.5 Å². The van der Waals surface area contributed by atoms with Crippen LogP contribution in [0.5, 0.6) is 0 Å². The van der Waals surface area contributed by atoms with Gasteiger partial charge in [0, 0.05) is 18.5 Å². The lowest BCUT2D eigenvalue weighted by Gasteiger charge is -2.16. The number of rotatable bonds is 7. The molecule has 6 heteroatoms. The first-order valence-electron chi connectivity index (χ1n) is 5.69. The SMILES string of the molecule is CCC(COC)NS(=O)(=O)c1ccc(CBr)cc1. The van der Waals surface area contributed by atoms with E-state index in [4.69, 9.17) is 4.74 Å². The fourth-order valence-electron chi connectivity index (χ4n) is 1.48. The Labute approximate surface area is 117 Å². The Morgan fingerprint density at radius 1 is 1.33 bits per heavy atom. The molecule has 0 aliphatic heterocycles. The minimum atomic E-state index is -3.46. The van der Waals surface area contributed by atoms with Crippen molar-refractivity contribution in [3.63, 3.8) is 0 Å². The predicted molar refractivity (Wildman–Crippen MR) is 75.3 cm³/mol. The van der Waals surface area contributed by atoms with Crippen LogP contribution in [-0.4, -0.2) is 28.2 Å². The van der Waals surface area contributed by atoms with Crippen molar-refractivity contribution in [3.8, 4) is 0 Å². The molecule has 4 nitrogen and oxygen atoms in total. The van der Waals surface area contributed by atoms with Gasteiger partial charge in [0.1, 0.15) is 0 Å². The molecular weight excluding hydrogens is 318 g/mol. The maximum Gasteiger partial charge on any atom is 0.240 e. The Hall–Kier alpha value is -0.430. The zero-order valence-corrected chi connectivity index (χ0v) is 12.9. The van der Waals surface area contributed by atoms with Crippen LogP contribution in [0, 0.1) is 0 Å². The molecule has 0 saturated carbocycles. The highest BCUT2D eigenvalue weighted by Crippen LogP contribution is 2.13. The summed E-state index contributed by atoms with van der Waals surface area (Å²) in [6, 6.07) is 6.61. The Kier molecular flexibility index (Phi) is 6.28. The van der Waals surface area contributed by atoms with Crippen molar-refractivity contribution in [2.45, 2.75) is 29.6 Å². The summed E-state index contributed by atoms with van der Waals surface area (Å²) in [5.74, 6) is 0.